The zero-order chi connectivity index (χ0) is 19.6. The average Bonchev–Trinajstić information content (AvgIpc) is 2.74. The molecule has 5 heteroatoms. The summed E-state index contributed by atoms with van der Waals surface area (Å²) < 4.78 is 0. The van der Waals surface area contributed by atoms with E-state index in [1.807, 2.05) is 13.1 Å². The van der Waals surface area contributed by atoms with Gasteiger partial charge in [0.1, 0.15) is 0 Å². The van der Waals surface area contributed by atoms with E-state index >= 15 is 0 Å². The van der Waals surface area contributed by atoms with Gasteiger partial charge in [-0.3, -0.25) is 9.89 Å². The first kappa shape index (κ1) is 20.4. The van der Waals surface area contributed by atoms with Gasteiger partial charge in [-0.2, -0.15) is 0 Å². The van der Waals surface area contributed by atoms with Gasteiger partial charge >= 0.3 is 0 Å². The molecule has 0 aromatic heterocycles. The van der Waals surface area contributed by atoms with E-state index in [0.29, 0.717) is 0 Å². The molecule has 2 N–H and O–H groups in total. The molecule has 28 heavy (non-hydrogen) atoms. The lowest BCUT2D eigenvalue weighted by molar-refractivity contribution is 0.148. The predicted octanol–water partition coefficient (Wildman–Crippen LogP) is 2.34. The molecule has 0 atom stereocenters. The van der Waals surface area contributed by atoms with Crippen LogP contribution in [0.2, 0.25) is 0 Å². The second-order valence-electron chi connectivity index (χ2n) is 7.48. The standard InChI is InChI=1S/C23H33N5/c1-24-23(25-13-12-20-6-4-3-5-7-20)26-18-21-8-10-22(11-9-21)19-28-16-14-27(2)15-17-28/h3-11H,12-19H2,1-2H3,(H2,24,25,26). The zero-order valence-electron chi connectivity index (χ0n) is 17.2. The summed E-state index contributed by atoms with van der Waals surface area (Å²) in [5.74, 6) is 0.845. The number of nitrogens with zero attached hydrogens (tertiary/aromatic N) is 3. The number of hydrogen-bond donors (Lipinski definition) is 2. The van der Waals surface area contributed by atoms with Crippen LogP contribution in [0.25, 0.3) is 0 Å². The van der Waals surface area contributed by atoms with Gasteiger partial charge in [0.2, 0.25) is 0 Å². The zero-order valence-corrected chi connectivity index (χ0v) is 17.2. The van der Waals surface area contributed by atoms with Crippen LogP contribution in [0.5, 0.6) is 0 Å². The first-order valence-electron chi connectivity index (χ1n) is 10.2. The van der Waals surface area contributed by atoms with Gasteiger partial charge < -0.3 is 15.5 Å². The molecule has 5 nitrogen and oxygen atoms in total. The quantitative estimate of drug-likeness (QED) is 0.572. The first-order valence-corrected chi connectivity index (χ1v) is 10.2. The van der Waals surface area contributed by atoms with Crippen molar-refractivity contribution in [3.05, 3.63) is 71.3 Å². The molecule has 0 bridgehead atoms. The van der Waals surface area contributed by atoms with Gasteiger partial charge in [-0.25, -0.2) is 0 Å². The van der Waals surface area contributed by atoms with Crippen LogP contribution >= 0.6 is 0 Å². The van der Waals surface area contributed by atoms with Crippen molar-refractivity contribution in [2.45, 2.75) is 19.5 Å². The van der Waals surface area contributed by atoms with Crippen LogP contribution in [0.15, 0.2) is 59.6 Å². The predicted molar refractivity (Wildman–Crippen MR) is 118 cm³/mol. The molecule has 1 fully saturated rings. The van der Waals surface area contributed by atoms with E-state index in [1.165, 1.54) is 29.8 Å². The van der Waals surface area contributed by atoms with Crippen molar-refractivity contribution in [3.63, 3.8) is 0 Å². The Morgan fingerprint density at radius 2 is 1.54 bits per heavy atom. The highest BCUT2D eigenvalue weighted by molar-refractivity contribution is 5.79. The Kier molecular flexibility index (Phi) is 7.88. The molecule has 1 aliphatic rings. The second kappa shape index (κ2) is 10.8. The lowest BCUT2D eigenvalue weighted by Crippen LogP contribution is -2.43. The fourth-order valence-electron chi connectivity index (χ4n) is 3.40. The smallest absolute Gasteiger partial charge is 0.191 e. The summed E-state index contributed by atoms with van der Waals surface area (Å²) in [4.78, 5) is 9.25. The van der Waals surface area contributed by atoms with Gasteiger partial charge in [0.25, 0.3) is 0 Å². The first-order chi connectivity index (χ1) is 13.7. The molecule has 0 aliphatic carbocycles. The molecule has 0 saturated carbocycles. The van der Waals surface area contributed by atoms with Crippen molar-refractivity contribution >= 4 is 5.96 Å². The molecule has 0 unspecified atom stereocenters. The van der Waals surface area contributed by atoms with Crippen molar-refractivity contribution < 1.29 is 0 Å². The molecule has 0 radical (unpaired) electrons. The SMILES string of the molecule is CN=C(NCCc1ccccc1)NCc1ccc(CN2CCN(C)CC2)cc1. The van der Waals surface area contributed by atoms with E-state index in [1.54, 1.807) is 0 Å². The van der Waals surface area contributed by atoms with E-state index in [9.17, 15) is 0 Å². The number of aliphatic imine (C=N–C) groups is 1. The minimum absolute atomic E-state index is 0.778. The van der Waals surface area contributed by atoms with Gasteiger partial charge in [-0.1, -0.05) is 54.6 Å². The number of benzene rings is 2. The van der Waals surface area contributed by atoms with Crippen LogP contribution in [0.3, 0.4) is 0 Å². The molecular weight excluding hydrogens is 346 g/mol. The van der Waals surface area contributed by atoms with E-state index in [4.69, 9.17) is 0 Å². The van der Waals surface area contributed by atoms with Crippen LogP contribution in [0, 0.1) is 0 Å². The number of likely N-dealkylation sites (N-methyl/N-ethyl adjacent to an activating group) is 1. The van der Waals surface area contributed by atoms with Gasteiger partial charge in [-0.05, 0) is 30.2 Å². The van der Waals surface area contributed by atoms with Crippen LogP contribution in [0.1, 0.15) is 16.7 Å². The fourth-order valence-corrected chi connectivity index (χ4v) is 3.40. The molecule has 1 heterocycles. The monoisotopic (exact) mass is 379 g/mol. The number of piperazine rings is 1. The van der Waals surface area contributed by atoms with Crippen molar-refractivity contribution in [2.75, 3.05) is 46.8 Å². The number of nitrogens with one attached hydrogen (secondary N) is 2. The minimum atomic E-state index is 0.778. The third kappa shape index (κ3) is 6.66. The minimum Gasteiger partial charge on any atom is -0.356 e. The summed E-state index contributed by atoms with van der Waals surface area (Å²) in [5, 5.41) is 6.79. The van der Waals surface area contributed by atoms with Crippen LogP contribution in [0.4, 0.5) is 0 Å². The maximum Gasteiger partial charge on any atom is 0.191 e. The summed E-state index contributed by atoms with van der Waals surface area (Å²) >= 11 is 0. The fraction of sp³-hybridized carbons (Fsp3) is 0.435. The average molecular weight is 380 g/mol. The second-order valence-corrected chi connectivity index (χ2v) is 7.48. The Labute approximate surface area is 169 Å². The number of rotatable bonds is 7. The van der Waals surface area contributed by atoms with E-state index in [-0.39, 0.29) is 0 Å². The van der Waals surface area contributed by atoms with Crippen LogP contribution in [-0.2, 0) is 19.5 Å². The van der Waals surface area contributed by atoms with E-state index < -0.39 is 0 Å². The molecular formula is C23H33N5. The third-order valence-electron chi connectivity index (χ3n) is 5.26. The summed E-state index contributed by atoms with van der Waals surface area (Å²) in [6.07, 6.45) is 0.989. The molecule has 1 aliphatic heterocycles. The maximum atomic E-state index is 4.32. The third-order valence-corrected chi connectivity index (χ3v) is 5.26. The molecule has 2 aromatic carbocycles. The van der Waals surface area contributed by atoms with Gasteiger partial charge in [0.15, 0.2) is 5.96 Å². The van der Waals surface area contributed by atoms with Crippen molar-refractivity contribution in [1.82, 2.24) is 20.4 Å². The van der Waals surface area contributed by atoms with E-state index in [2.05, 4.69) is 81.0 Å². The number of hydrogen-bond acceptors (Lipinski definition) is 3. The van der Waals surface area contributed by atoms with Gasteiger partial charge in [0.05, 0.1) is 0 Å². The summed E-state index contributed by atoms with van der Waals surface area (Å²) in [5.41, 5.74) is 3.99. The summed E-state index contributed by atoms with van der Waals surface area (Å²) in [6.45, 7) is 7.34. The normalized spacial score (nSPS) is 16.1. The molecule has 0 amide bonds. The molecule has 150 valence electrons. The highest BCUT2D eigenvalue weighted by atomic mass is 15.2. The Morgan fingerprint density at radius 1 is 0.857 bits per heavy atom. The van der Waals surface area contributed by atoms with Gasteiger partial charge in [0, 0.05) is 52.9 Å². The van der Waals surface area contributed by atoms with E-state index in [0.717, 1.165) is 45.1 Å². The molecule has 0 spiro atoms. The summed E-state index contributed by atoms with van der Waals surface area (Å²) in [6, 6.07) is 19.5. The maximum absolute atomic E-state index is 4.32. The Balaban J connectivity index is 1.39. The topological polar surface area (TPSA) is 42.9 Å². The Hall–Kier alpha value is -2.37. The lowest BCUT2D eigenvalue weighted by Gasteiger charge is -2.32. The molecule has 2 aromatic rings. The lowest BCUT2D eigenvalue weighted by atomic mass is 10.1. The Bertz CT molecular complexity index is 718. The molecule has 3 rings (SSSR count). The van der Waals surface area contributed by atoms with Gasteiger partial charge in [-0.15, -0.1) is 0 Å². The number of guanidine groups is 1. The Morgan fingerprint density at radius 3 is 2.21 bits per heavy atom. The van der Waals surface area contributed by atoms with Crippen molar-refractivity contribution in [1.29, 1.82) is 0 Å². The van der Waals surface area contributed by atoms with Crippen molar-refractivity contribution in [3.8, 4) is 0 Å². The molecule has 1 saturated heterocycles. The highest BCUT2D eigenvalue weighted by Crippen LogP contribution is 2.09. The highest BCUT2D eigenvalue weighted by Gasteiger charge is 2.13. The largest absolute Gasteiger partial charge is 0.356 e. The van der Waals surface area contributed by atoms with Crippen LogP contribution < -0.4 is 10.6 Å². The van der Waals surface area contributed by atoms with Crippen molar-refractivity contribution in [2.24, 2.45) is 4.99 Å². The summed E-state index contributed by atoms with van der Waals surface area (Å²) in [7, 11) is 4.01. The van der Waals surface area contributed by atoms with Crippen LogP contribution in [-0.4, -0.2) is 62.6 Å².